The van der Waals surface area contributed by atoms with Gasteiger partial charge in [-0.1, -0.05) is 40.2 Å². The zero-order chi connectivity index (χ0) is 18.4. The van der Waals surface area contributed by atoms with Crippen molar-refractivity contribution in [2.45, 2.75) is 36.8 Å². The Bertz CT molecular complexity index is 752. The van der Waals surface area contributed by atoms with Crippen molar-refractivity contribution < 1.29 is 4.39 Å². The lowest BCUT2D eigenvalue weighted by Crippen LogP contribution is -2.27. The van der Waals surface area contributed by atoms with Crippen LogP contribution in [0.15, 0.2) is 71.7 Å². The third-order valence-corrected chi connectivity index (χ3v) is 6.47. The molecule has 2 aromatic carbocycles. The van der Waals surface area contributed by atoms with Crippen molar-refractivity contribution >= 4 is 27.7 Å². The van der Waals surface area contributed by atoms with E-state index >= 15 is 0 Å². The molecule has 0 aliphatic carbocycles. The van der Waals surface area contributed by atoms with E-state index < -0.39 is 0 Å². The Balaban J connectivity index is 1.68. The lowest BCUT2D eigenvalue weighted by molar-refractivity contribution is 0.495. The van der Waals surface area contributed by atoms with Crippen LogP contribution < -0.4 is 0 Å². The van der Waals surface area contributed by atoms with Gasteiger partial charge in [-0.05, 0) is 55.2 Å². The summed E-state index contributed by atoms with van der Waals surface area (Å²) in [6.45, 7) is 3.20. The number of hydrogen-bond acceptors (Lipinski definition) is 2. The second-order valence-corrected chi connectivity index (χ2v) is 9.21. The first-order valence-corrected chi connectivity index (χ1v) is 10.4. The number of aryl methyl sites for hydroxylation is 1. The van der Waals surface area contributed by atoms with Crippen molar-refractivity contribution in [3.63, 3.8) is 0 Å². The Morgan fingerprint density at radius 3 is 2.42 bits per heavy atom. The molecule has 1 unspecified atom stereocenters. The number of imidazole rings is 1. The van der Waals surface area contributed by atoms with Crippen LogP contribution in [-0.4, -0.2) is 14.3 Å². The van der Waals surface area contributed by atoms with Gasteiger partial charge in [0.1, 0.15) is 5.82 Å². The predicted octanol–water partition coefficient (Wildman–Crippen LogP) is 6.11. The smallest absolute Gasteiger partial charge is 0.123 e. The number of rotatable bonds is 8. The molecule has 0 aliphatic rings. The Morgan fingerprint density at radius 1 is 1.08 bits per heavy atom. The monoisotopic (exact) mass is 432 g/mol. The molecule has 0 bridgehead atoms. The highest BCUT2D eigenvalue weighted by Crippen LogP contribution is 2.35. The molecule has 5 heteroatoms. The maximum absolute atomic E-state index is 13.1. The standard InChI is InChI=1S/C21H22BrFN2S/c1-21(15-25-13-12-24-16-25,11-10-17-2-6-19(22)7-3-17)26-14-18-4-8-20(23)9-5-18/h2-9,12-13,16H,10-11,14-15H2,1H3. The minimum atomic E-state index is -0.185. The fourth-order valence-corrected chi connectivity index (χ4v) is 4.32. The molecule has 1 aromatic heterocycles. The maximum atomic E-state index is 13.1. The quantitative estimate of drug-likeness (QED) is 0.427. The molecule has 0 radical (unpaired) electrons. The van der Waals surface area contributed by atoms with Crippen LogP contribution >= 0.6 is 27.7 Å². The summed E-state index contributed by atoms with van der Waals surface area (Å²) < 4.78 is 16.4. The van der Waals surface area contributed by atoms with Gasteiger partial charge in [-0.25, -0.2) is 9.37 Å². The molecule has 0 aliphatic heterocycles. The van der Waals surface area contributed by atoms with Crippen LogP contribution in [0.4, 0.5) is 4.39 Å². The zero-order valence-electron chi connectivity index (χ0n) is 14.7. The van der Waals surface area contributed by atoms with Gasteiger partial charge in [-0.2, -0.15) is 0 Å². The van der Waals surface area contributed by atoms with E-state index in [2.05, 4.69) is 56.7 Å². The third kappa shape index (κ3) is 5.71. The first kappa shape index (κ1) is 19.2. The van der Waals surface area contributed by atoms with Crippen LogP contribution in [0.2, 0.25) is 0 Å². The summed E-state index contributed by atoms with van der Waals surface area (Å²) >= 11 is 5.41. The number of halogens is 2. The zero-order valence-corrected chi connectivity index (χ0v) is 17.1. The number of aromatic nitrogens is 2. The van der Waals surface area contributed by atoms with Gasteiger partial charge < -0.3 is 4.57 Å². The van der Waals surface area contributed by atoms with E-state index in [1.165, 1.54) is 17.7 Å². The fourth-order valence-electron chi connectivity index (χ4n) is 2.86. The topological polar surface area (TPSA) is 17.8 Å². The van der Waals surface area contributed by atoms with Gasteiger partial charge in [0.05, 0.1) is 6.33 Å². The van der Waals surface area contributed by atoms with Crippen LogP contribution in [0, 0.1) is 5.82 Å². The second-order valence-electron chi connectivity index (χ2n) is 6.73. The van der Waals surface area contributed by atoms with Crippen LogP contribution in [-0.2, 0) is 18.7 Å². The van der Waals surface area contributed by atoms with Gasteiger partial charge in [0.15, 0.2) is 0 Å². The average Bonchev–Trinajstić information content (AvgIpc) is 3.14. The molecule has 0 fully saturated rings. The SMILES string of the molecule is CC(CCc1ccc(Br)cc1)(Cn1ccnc1)SCc1ccc(F)cc1. The number of thioether (sulfide) groups is 1. The van der Waals surface area contributed by atoms with Crippen LogP contribution in [0.25, 0.3) is 0 Å². The summed E-state index contributed by atoms with van der Waals surface area (Å²) in [6.07, 6.45) is 7.78. The molecule has 0 saturated carbocycles. The molecule has 3 rings (SSSR count). The average molecular weight is 433 g/mol. The second kappa shape index (κ2) is 8.87. The number of nitrogens with zero attached hydrogens (tertiary/aromatic N) is 2. The maximum Gasteiger partial charge on any atom is 0.123 e. The molecule has 0 spiro atoms. The summed E-state index contributed by atoms with van der Waals surface area (Å²) in [6, 6.07) is 15.3. The van der Waals surface area contributed by atoms with E-state index in [1.807, 2.05) is 42.6 Å². The van der Waals surface area contributed by atoms with Gasteiger partial charge in [0.25, 0.3) is 0 Å². The summed E-state index contributed by atoms with van der Waals surface area (Å²) in [5.41, 5.74) is 2.49. The Kier molecular flexibility index (Phi) is 6.54. The minimum Gasteiger partial charge on any atom is -0.336 e. The lowest BCUT2D eigenvalue weighted by Gasteiger charge is -2.30. The summed E-state index contributed by atoms with van der Waals surface area (Å²) in [4.78, 5) is 4.17. The van der Waals surface area contributed by atoms with Crippen molar-refractivity contribution in [2.24, 2.45) is 0 Å². The van der Waals surface area contributed by atoms with E-state index in [1.54, 1.807) is 0 Å². The Morgan fingerprint density at radius 2 is 1.77 bits per heavy atom. The van der Waals surface area contributed by atoms with E-state index in [4.69, 9.17) is 0 Å². The first-order valence-electron chi connectivity index (χ1n) is 8.61. The van der Waals surface area contributed by atoms with Crippen molar-refractivity contribution in [3.05, 3.63) is 88.7 Å². The molecule has 2 nitrogen and oxygen atoms in total. The molecule has 1 heterocycles. The summed E-state index contributed by atoms with van der Waals surface area (Å²) in [5.74, 6) is 0.682. The molecule has 0 N–H and O–H groups in total. The van der Waals surface area contributed by atoms with Crippen molar-refractivity contribution in [1.29, 1.82) is 0 Å². The summed E-state index contributed by atoms with van der Waals surface area (Å²) in [5, 5.41) is 0. The third-order valence-electron chi connectivity index (χ3n) is 4.43. The largest absolute Gasteiger partial charge is 0.336 e. The van der Waals surface area contributed by atoms with Gasteiger partial charge in [0, 0.05) is 33.9 Å². The molecule has 0 saturated heterocycles. The molecule has 26 heavy (non-hydrogen) atoms. The highest BCUT2D eigenvalue weighted by atomic mass is 79.9. The van der Waals surface area contributed by atoms with Gasteiger partial charge in [-0.3, -0.25) is 0 Å². The van der Waals surface area contributed by atoms with Crippen LogP contribution in [0.1, 0.15) is 24.5 Å². The molecule has 0 amide bonds. The predicted molar refractivity (Wildman–Crippen MR) is 111 cm³/mol. The first-order chi connectivity index (χ1) is 12.5. The van der Waals surface area contributed by atoms with Gasteiger partial charge >= 0.3 is 0 Å². The number of benzene rings is 2. The van der Waals surface area contributed by atoms with E-state index in [0.29, 0.717) is 0 Å². The normalized spacial score (nSPS) is 13.5. The van der Waals surface area contributed by atoms with Gasteiger partial charge in [-0.15, -0.1) is 11.8 Å². The van der Waals surface area contributed by atoms with Crippen molar-refractivity contribution in [1.82, 2.24) is 9.55 Å². The van der Waals surface area contributed by atoms with Crippen LogP contribution in [0.5, 0.6) is 0 Å². The number of hydrogen-bond donors (Lipinski definition) is 0. The highest BCUT2D eigenvalue weighted by molar-refractivity contribution is 9.10. The molecule has 3 aromatic rings. The van der Waals surface area contributed by atoms with Gasteiger partial charge in [0.2, 0.25) is 0 Å². The molecular weight excluding hydrogens is 411 g/mol. The fraction of sp³-hybridized carbons (Fsp3) is 0.286. The van der Waals surface area contributed by atoms with Crippen molar-refractivity contribution in [2.75, 3.05) is 0 Å². The summed E-state index contributed by atoms with van der Waals surface area (Å²) in [7, 11) is 0. The highest BCUT2D eigenvalue weighted by Gasteiger charge is 2.25. The lowest BCUT2D eigenvalue weighted by atomic mass is 10.00. The molecule has 1 atom stereocenters. The Labute approximate surface area is 167 Å². The van der Waals surface area contributed by atoms with E-state index in [0.717, 1.165) is 35.2 Å². The van der Waals surface area contributed by atoms with Crippen LogP contribution in [0.3, 0.4) is 0 Å². The minimum absolute atomic E-state index is 0.0577. The Hall–Kier alpha value is -1.59. The van der Waals surface area contributed by atoms with E-state index in [-0.39, 0.29) is 10.6 Å². The van der Waals surface area contributed by atoms with E-state index in [9.17, 15) is 4.39 Å². The molecular formula is C21H22BrFN2S. The molecule has 136 valence electrons. The van der Waals surface area contributed by atoms with Crippen molar-refractivity contribution in [3.8, 4) is 0 Å².